The smallest absolute Gasteiger partial charge is 0.304 e. The predicted molar refractivity (Wildman–Crippen MR) is 71.4 cm³/mol. The molecule has 0 bridgehead atoms. The Balaban J connectivity index is 2.50. The van der Waals surface area contributed by atoms with Crippen molar-refractivity contribution in [3.05, 3.63) is 57.0 Å². The van der Waals surface area contributed by atoms with Crippen LogP contribution in [0, 0.1) is 13.8 Å². The lowest BCUT2D eigenvalue weighted by atomic mass is 9.88. The van der Waals surface area contributed by atoms with Gasteiger partial charge in [0.1, 0.15) is 0 Å². The molecule has 0 saturated carbocycles. The Morgan fingerprint density at radius 1 is 1.21 bits per heavy atom. The third-order valence-electron chi connectivity index (χ3n) is 3.22. The van der Waals surface area contributed by atoms with Crippen molar-refractivity contribution in [1.82, 2.24) is 10.2 Å². The molecule has 5 nitrogen and oxygen atoms in total. The van der Waals surface area contributed by atoms with Crippen LogP contribution in [0.1, 0.15) is 34.7 Å². The second kappa shape index (κ2) is 5.14. The number of H-pyrrole nitrogens is 2. The number of carboxylic acid groups (broad SMARTS) is 1. The molecule has 0 amide bonds. The van der Waals surface area contributed by atoms with E-state index >= 15 is 0 Å². The number of aryl methyl sites for hydroxylation is 2. The van der Waals surface area contributed by atoms with Crippen molar-refractivity contribution < 1.29 is 9.90 Å². The summed E-state index contributed by atoms with van der Waals surface area (Å²) in [5, 5.41) is 14.3. The van der Waals surface area contributed by atoms with E-state index in [-0.39, 0.29) is 12.0 Å². The summed E-state index contributed by atoms with van der Waals surface area (Å²) in [6.45, 7) is 3.72. The summed E-state index contributed by atoms with van der Waals surface area (Å²) < 4.78 is 0. The number of nitrogens with one attached hydrogen (secondary N) is 2. The van der Waals surface area contributed by atoms with Crippen LogP contribution in [0.5, 0.6) is 0 Å². The van der Waals surface area contributed by atoms with Gasteiger partial charge in [0, 0.05) is 17.2 Å². The van der Waals surface area contributed by atoms with Gasteiger partial charge in [0.15, 0.2) is 0 Å². The predicted octanol–water partition coefficient (Wildman–Crippen LogP) is 1.93. The van der Waals surface area contributed by atoms with Crippen LogP contribution in [0.4, 0.5) is 0 Å². The average Bonchev–Trinajstić information content (AvgIpc) is 2.67. The Morgan fingerprint density at radius 3 is 2.32 bits per heavy atom. The van der Waals surface area contributed by atoms with Crippen LogP contribution >= 0.6 is 0 Å². The van der Waals surface area contributed by atoms with Gasteiger partial charge in [-0.2, -0.15) is 0 Å². The number of hydrogen-bond acceptors (Lipinski definition) is 2. The van der Waals surface area contributed by atoms with Gasteiger partial charge in [-0.15, -0.1) is 0 Å². The first-order chi connectivity index (χ1) is 8.99. The molecule has 2 rings (SSSR count). The summed E-state index contributed by atoms with van der Waals surface area (Å²) in [5.41, 5.74) is 2.84. The molecule has 0 aliphatic carbocycles. The van der Waals surface area contributed by atoms with Crippen LogP contribution in [-0.4, -0.2) is 21.3 Å². The minimum atomic E-state index is -0.925. The van der Waals surface area contributed by atoms with Gasteiger partial charge in [0.2, 0.25) is 0 Å². The van der Waals surface area contributed by atoms with E-state index in [0.29, 0.717) is 11.3 Å². The fraction of sp³-hybridized carbons (Fsp3) is 0.286. The van der Waals surface area contributed by atoms with Gasteiger partial charge in [0.05, 0.1) is 6.42 Å². The van der Waals surface area contributed by atoms with Crippen molar-refractivity contribution in [3.8, 4) is 0 Å². The highest BCUT2D eigenvalue weighted by Crippen LogP contribution is 2.27. The molecule has 0 spiro atoms. The molecule has 1 aromatic carbocycles. The molecular formula is C14H16N2O3. The lowest BCUT2D eigenvalue weighted by Crippen LogP contribution is -2.16. The molecule has 19 heavy (non-hydrogen) atoms. The van der Waals surface area contributed by atoms with Crippen molar-refractivity contribution >= 4 is 5.97 Å². The number of aromatic amines is 2. The highest BCUT2D eigenvalue weighted by atomic mass is 16.4. The molecule has 1 atom stereocenters. The monoisotopic (exact) mass is 260 g/mol. The molecule has 0 fully saturated rings. The van der Waals surface area contributed by atoms with E-state index in [2.05, 4.69) is 10.2 Å². The standard InChI is InChI=1S/C14H16N2O3/c1-8-3-5-10(6-4-8)11(7-12(17)18)13-9(2)15-16-14(13)19/h3-6,11H,7H2,1-2H3,(H,17,18)(H2,15,16,19). The molecule has 0 aliphatic rings. The van der Waals surface area contributed by atoms with Crippen LogP contribution in [0.25, 0.3) is 0 Å². The second-order valence-corrected chi connectivity index (χ2v) is 4.68. The highest BCUT2D eigenvalue weighted by Gasteiger charge is 2.23. The van der Waals surface area contributed by atoms with Crippen LogP contribution in [0.15, 0.2) is 29.1 Å². The molecule has 5 heteroatoms. The third kappa shape index (κ3) is 2.76. The minimum Gasteiger partial charge on any atom is -0.481 e. The largest absolute Gasteiger partial charge is 0.481 e. The number of rotatable bonds is 4. The first kappa shape index (κ1) is 13.1. The fourth-order valence-corrected chi connectivity index (χ4v) is 2.24. The number of hydrogen-bond donors (Lipinski definition) is 3. The van der Waals surface area contributed by atoms with Crippen molar-refractivity contribution in [1.29, 1.82) is 0 Å². The van der Waals surface area contributed by atoms with Crippen LogP contribution in [0.3, 0.4) is 0 Å². The van der Waals surface area contributed by atoms with E-state index in [1.807, 2.05) is 31.2 Å². The lowest BCUT2D eigenvalue weighted by Gasteiger charge is -2.14. The van der Waals surface area contributed by atoms with Gasteiger partial charge >= 0.3 is 5.97 Å². The third-order valence-corrected chi connectivity index (χ3v) is 3.22. The molecule has 1 heterocycles. The van der Waals surface area contributed by atoms with Gasteiger partial charge in [0.25, 0.3) is 5.56 Å². The van der Waals surface area contributed by atoms with Gasteiger partial charge in [-0.3, -0.25) is 14.7 Å². The first-order valence-corrected chi connectivity index (χ1v) is 6.04. The van der Waals surface area contributed by atoms with E-state index in [0.717, 1.165) is 11.1 Å². The molecule has 3 N–H and O–H groups in total. The Morgan fingerprint density at radius 2 is 1.84 bits per heavy atom. The van der Waals surface area contributed by atoms with E-state index in [9.17, 15) is 9.59 Å². The number of carboxylic acids is 1. The maximum Gasteiger partial charge on any atom is 0.304 e. The number of aliphatic carboxylic acids is 1. The Hall–Kier alpha value is -2.30. The zero-order chi connectivity index (χ0) is 14.0. The fourth-order valence-electron chi connectivity index (χ4n) is 2.24. The zero-order valence-electron chi connectivity index (χ0n) is 10.9. The maximum absolute atomic E-state index is 11.8. The van der Waals surface area contributed by atoms with Crippen molar-refractivity contribution in [2.45, 2.75) is 26.2 Å². The average molecular weight is 260 g/mol. The normalized spacial score (nSPS) is 12.3. The molecule has 1 aromatic heterocycles. The number of aromatic nitrogens is 2. The quantitative estimate of drug-likeness (QED) is 0.785. The molecule has 1 unspecified atom stereocenters. The van der Waals surface area contributed by atoms with Gasteiger partial charge in [-0.05, 0) is 19.4 Å². The van der Waals surface area contributed by atoms with Crippen LogP contribution in [0.2, 0.25) is 0 Å². The number of benzene rings is 1. The molecule has 2 aromatic rings. The van der Waals surface area contributed by atoms with E-state index in [4.69, 9.17) is 5.11 Å². The summed E-state index contributed by atoms with van der Waals surface area (Å²) in [6.07, 6.45) is -0.106. The van der Waals surface area contributed by atoms with Crippen molar-refractivity contribution in [2.75, 3.05) is 0 Å². The molecule has 0 saturated heterocycles. The Labute approximate surface area is 110 Å². The van der Waals surface area contributed by atoms with E-state index < -0.39 is 11.9 Å². The second-order valence-electron chi connectivity index (χ2n) is 4.68. The van der Waals surface area contributed by atoms with Crippen LogP contribution < -0.4 is 5.56 Å². The maximum atomic E-state index is 11.8. The molecule has 0 radical (unpaired) electrons. The van der Waals surface area contributed by atoms with Crippen molar-refractivity contribution in [3.63, 3.8) is 0 Å². The Kier molecular flexibility index (Phi) is 3.55. The van der Waals surface area contributed by atoms with Gasteiger partial charge in [-0.1, -0.05) is 29.8 Å². The summed E-state index contributed by atoms with van der Waals surface area (Å²) in [5.74, 6) is -1.36. The lowest BCUT2D eigenvalue weighted by molar-refractivity contribution is -0.137. The minimum absolute atomic E-state index is 0.106. The summed E-state index contributed by atoms with van der Waals surface area (Å²) >= 11 is 0. The summed E-state index contributed by atoms with van der Waals surface area (Å²) in [6, 6.07) is 7.57. The van der Waals surface area contributed by atoms with E-state index in [1.54, 1.807) is 6.92 Å². The topological polar surface area (TPSA) is 85.9 Å². The van der Waals surface area contributed by atoms with Crippen molar-refractivity contribution in [2.24, 2.45) is 0 Å². The number of carbonyl (C=O) groups is 1. The van der Waals surface area contributed by atoms with Gasteiger partial charge < -0.3 is 10.2 Å². The van der Waals surface area contributed by atoms with Gasteiger partial charge in [-0.25, -0.2) is 0 Å². The first-order valence-electron chi connectivity index (χ1n) is 6.04. The molecule has 0 aliphatic heterocycles. The molecular weight excluding hydrogens is 244 g/mol. The zero-order valence-corrected chi connectivity index (χ0v) is 10.9. The summed E-state index contributed by atoms with van der Waals surface area (Å²) in [4.78, 5) is 22.9. The van der Waals surface area contributed by atoms with E-state index in [1.165, 1.54) is 0 Å². The Bertz CT molecular complexity index is 637. The van der Waals surface area contributed by atoms with Crippen LogP contribution in [-0.2, 0) is 4.79 Å². The highest BCUT2D eigenvalue weighted by molar-refractivity contribution is 5.69. The SMILES string of the molecule is Cc1ccc(C(CC(=O)O)c2c(C)[nH][nH]c2=O)cc1. The summed E-state index contributed by atoms with van der Waals surface area (Å²) in [7, 11) is 0. The molecule has 100 valence electrons.